The highest BCUT2D eigenvalue weighted by atomic mass is 35.5. The Morgan fingerprint density at radius 3 is 2.56 bits per heavy atom. The second-order valence-electron chi connectivity index (χ2n) is 8.11. The number of imide groups is 1. The fourth-order valence-corrected chi connectivity index (χ4v) is 4.85. The molecule has 2 heterocycles. The van der Waals surface area contributed by atoms with Crippen molar-refractivity contribution >= 4 is 23.6 Å². The average Bonchev–Trinajstić information content (AvgIpc) is 3.52. The standard InChI is InChI=1S/C19H28ClNO6/c1-11(2)5-6-13-18(3,27-13)16-15(25-4)12(7-8-19(16)10-26-19)21(17(23)24)14(22)9-20/h5,12-13,15-16H,6-10H2,1-4H3,(H,23,24)/p-1/t12-,13+,15-,16+,18+,19+/m1/s1. The molecule has 0 N–H and O–H groups in total. The number of nitrogens with zero attached hydrogens (tertiary/aromatic N) is 1. The zero-order valence-electron chi connectivity index (χ0n) is 16.2. The summed E-state index contributed by atoms with van der Waals surface area (Å²) in [6.45, 7) is 6.68. The zero-order chi connectivity index (χ0) is 20.0. The van der Waals surface area contributed by atoms with E-state index in [1.807, 2.05) is 20.8 Å². The molecule has 6 atom stereocenters. The van der Waals surface area contributed by atoms with Crippen LogP contribution >= 0.6 is 11.6 Å². The summed E-state index contributed by atoms with van der Waals surface area (Å²) in [5.74, 6) is -1.31. The summed E-state index contributed by atoms with van der Waals surface area (Å²) in [6, 6.07) is -0.670. The van der Waals surface area contributed by atoms with E-state index in [2.05, 4.69) is 6.08 Å². The first-order chi connectivity index (χ1) is 12.7. The number of hydrogen-bond donors (Lipinski definition) is 0. The van der Waals surface area contributed by atoms with E-state index in [1.54, 1.807) is 0 Å². The molecule has 8 heteroatoms. The van der Waals surface area contributed by atoms with E-state index in [-0.39, 0.29) is 17.6 Å². The summed E-state index contributed by atoms with van der Waals surface area (Å²) >= 11 is 5.62. The number of carbonyl (C=O) groups excluding carboxylic acids is 2. The normalized spacial score (nSPS) is 39.7. The van der Waals surface area contributed by atoms with E-state index in [1.165, 1.54) is 12.7 Å². The van der Waals surface area contributed by atoms with Crippen molar-refractivity contribution in [1.82, 2.24) is 4.90 Å². The van der Waals surface area contributed by atoms with Gasteiger partial charge in [-0.15, -0.1) is 11.6 Å². The largest absolute Gasteiger partial charge is 0.530 e. The van der Waals surface area contributed by atoms with Crippen LogP contribution in [-0.2, 0) is 19.0 Å². The lowest BCUT2D eigenvalue weighted by atomic mass is 9.67. The van der Waals surface area contributed by atoms with Crippen LogP contribution in [0.15, 0.2) is 11.6 Å². The lowest BCUT2D eigenvalue weighted by Gasteiger charge is -2.47. The molecule has 0 aromatic carbocycles. The van der Waals surface area contributed by atoms with Crippen LogP contribution in [0.1, 0.15) is 40.0 Å². The van der Waals surface area contributed by atoms with Gasteiger partial charge in [-0.25, -0.2) is 0 Å². The van der Waals surface area contributed by atoms with Crippen molar-refractivity contribution < 1.29 is 28.9 Å². The Morgan fingerprint density at radius 2 is 2.07 bits per heavy atom. The van der Waals surface area contributed by atoms with Crippen molar-refractivity contribution in [2.75, 3.05) is 19.6 Å². The number of carbonyl (C=O) groups is 2. The number of ether oxygens (including phenoxy) is 3. The Bertz CT molecular complexity index is 644. The molecule has 3 aliphatic rings. The highest BCUT2D eigenvalue weighted by molar-refractivity contribution is 6.28. The van der Waals surface area contributed by atoms with Crippen LogP contribution in [0.4, 0.5) is 4.79 Å². The van der Waals surface area contributed by atoms with Gasteiger partial charge < -0.3 is 24.1 Å². The maximum absolute atomic E-state index is 12.2. The topological polar surface area (TPSA) is 94.7 Å². The predicted molar refractivity (Wildman–Crippen MR) is 96.3 cm³/mol. The summed E-state index contributed by atoms with van der Waals surface area (Å²) in [6.07, 6.45) is 1.89. The van der Waals surface area contributed by atoms with Crippen LogP contribution < -0.4 is 5.11 Å². The fraction of sp³-hybridized carbons (Fsp3) is 0.789. The Hall–Kier alpha value is -1.15. The molecule has 152 valence electrons. The summed E-state index contributed by atoms with van der Waals surface area (Å²) in [5, 5.41) is 11.7. The van der Waals surface area contributed by atoms with Crippen LogP contribution in [-0.4, -0.2) is 65.9 Å². The van der Waals surface area contributed by atoms with Crippen molar-refractivity contribution in [3.63, 3.8) is 0 Å². The SMILES string of the molecule is CO[C@@H]1[C@H](N(C(=O)[O-])C(=O)CCl)CC[C@]2(CO2)[C@@H]1[C@@]1(C)O[C@H]1CC=C(C)C. The van der Waals surface area contributed by atoms with Gasteiger partial charge in [-0.3, -0.25) is 9.69 Å². The number of halogens is 1. The van der Waals surface area contributed by atoms with Gasteiger partial charge in [0.05, 0.1) is 30.5 Å². The number of carboxylic acid groups (broad SMARTS) is 1. The molecule has 27 heavy (non-hydrogen) atoms. The van der Waals surface area contributed by atoms with Crippen LogP contribution in [0, 0.1) is 5.92 Å². The monoisotopic (exact) mass is 400 g/mol. The summed E-state index contributed by atoms with van der Waals surface area (Å²) in [4.78, 5) is 24.5. The maximum atomic E-state index is 12.2. The summed E-state index contributed by atoms with van der Waals surface area (Å²) < 4.78 is 17.7. The molecule has 2 amide bonds. The van der Waals surface area contributed by atoms with Gasteiger partial charge in [0, 0.05) is 13.0 Å². The van der Waals surface area contributed by atoms with E-state index in [9.17, 15) is 14.7 Å². The molecule has 0 aromatic heterocycles. The molecule has 0 radical (unpaired) electrons. The molecular formula is C19H27ClNO6-. The molecule has 3 fully saturated rings. The number of amides is 2. The number of rotatable bonds is 6. The lowest BCUT2D eigenvalue weighted by molar-refractivity contribution is -0.269. The third-order valence-corrected chi connectivity index (χ3v) is 6.40. The van der Waals surface area contributed by atoms with Crippen LogP contribution in [0.5, 0.6) is 0 Å². The van der Waals surface area contributed by atoms with Gasteiger partial charge in [-0.1, -0.05) is 11.6 Å². The van der Waals surface area contributed by atoms with Crippen LogP contribution in [0.2, 0.25) is 0 Å². The molecule has 7 nitrogen and oxygen atoms in total. The van der Waals surface area contributed by atoms with Crippen molar-refractivity contribution in [1.29, 1.82) is 0 Å². The molecule has 2 saturated heterocycles. The number of allylic oxidation sites excluding steroid dienone is 1. The van der Waals surface area contributed by atoms with Gasteiger partial charge >= 0.3 is 0 Å². The quantitative estimate of drug-likeness (QED) is 0.380. The third-order valence-electron chi connectivity index (χ3n) is 6.17. The molecular weight excluding hydrogens is 374 g/mol. The Morgan fingerprint density at radius 1 is 1.41 bits per heavy atom. The van der Waals surface area contributed by atoms with Gasteiger partial charge in [-0.2, -0.15) is 0 Å². The highest BCUT2D eigenvalue weighted by Gasteiger charge is 2.72. The molecule has 1 spiro atoms. The number of hydrogen-bond acceptors (Lipinski definition) is 6. The maximum Gasteiger partial charge on any atom is 0.243 e. The van der Waals surface area contributed by atoms with Crippen molar-refractivity contribution in [3.05, 3.63) is 11.6 Å². The average molecular weight is 401 g/mol. The Balaban J connectivity index is 1.88. The number of epoxide rings is 2. The van der Waals surface area contributed by atoms with Gasteiger partial charge in [0.25, 0.3) is 0 Å². The summed E-state index contributed by atoms with van der Waals surface area (Å²) in [5.41, 5.74) is 0.335. The molecule has 1 aliphatic carbocycles. The molecule has 1 saturated carbocycles. The zero-order valence-corrected chi connectivity index (χ0v) is 17.0. The van der Waals surface area contributed by atoms with E-state index >= 15 is 0 Å². The number of methoxy groups -OCH3 is 1. The molecule has 0 aromatic rings. The van der Waals surface area contributed by atoms with Crippen molar-refractivity contribution in [2.45, 2.75) is 69.5 Å². The first-order valence-electron chi connectivity index (χ1n) is 9.27. The van der Waals surface area contributed by atoms with E-state index in [0.29, 0.717) is 19.4 Å². The highest BCUT2D eigenvalue weighted by Crippen LogP contribution is 2.59. The smallest absolute Gasteiger partial charge is 0.243 e. The minimum Gasteiger partial charge on any atom is -0.530 e. The predicted octanol–water partition coefficient (Wildman–Crippen LogP) is 1.47. The molecule has 2 aliphatic heterocycles. The van der Waals surface area contributed by atoms with Gasteiger partial charge in [0.15, 0.2) is 0 Å². The van der Waals surface area contributed by atoms with E-state index in [4.69, 9.17) is 25.8 Å². The second-order valence-corrected chi connectivity index (χ2v) is 8.38. The van der Waals surface area contributed by atoms with Crippen molar-refractivity contribution in [2.24, 2.45) is 5.92 Å². The van der Waals surface area contributed by atoms with Gasteiger partial charge in [-0.05, 0) is 40.0 Å². The van der Waals surface area contributed by atoms with E-state index in [0.717, 1.165) is 11.3 Å². The first-order valence-corrected chi connectivity index (χ1v) is 9.80. The second kappa shape index (κ2) is 7.35. The third kappa shape index (κ3) is 3.62. The number of alkyl halides is 1. The lowest BCUT2D eigenvalue weighted by Crippen LogP contribution is -2.63. The van der Waals surface area contributed by atoms with Crippen LogP contribution in [0.3, 0.4) is 0 Å². The minimum absolute atomic E-state index is 0.00927. The summed E-state index contributed by atoms with van der Waals surface area (Å²) in [7, 11) is 1.53. The first kappa shape index (κ1) is 20.6. The Labute approximate surface area is 164 Å². The van der Waals surface area contributed by atoms with Crippen molar-refractivity contribution in [3.8, 4) is 0 Å². The molecule has 0 bridgehead atoms. The van der Waals surface area contributed by atoms with Crippen LogP contribution in [0.25, 0.3) is 0 Å². The molecule has 0 unspecified atom stereocenters. The fourth-order valence-electron chi connectivity index (χ4n) is 4.73. The Kier molecular flexibility index (Phi) is 5.60. The van der Waals surface area contributed by atoms with Gasteiger partial charge in [0.1, 0.15) is 17.6 Å². The van der Waals surface area contributed by atoms with Gasteiger partial charge in [0.2, 0.25) is 5.91 Å². The minimum atomic E-state index is -1.55. The van der Waals surface area contributed by atoms with E-state index < -0.39 is 35.6 Å². The molecule has 3 rings (SSSR count).